The highest BCUT2D eigenvalue weighted by atomic mass is 16.4. The maximum Gasteiger partial charge on any atom is 0.337 e. The number of carboxylic acid groups (broad SMARTS) is 1. The summed E-state index contributed by atoms with van der Waals surface area (Å²) in [4.78, 5) is 16.4. The monoisotopic (exact) mass is 403 g/mol. The van der Waals surface area contributed by atoms with Crippen molar-refractivity contribution < 1.29 is 9.90 Å². The standard InChI is InChI=1S/C28H21NO2/c30-28(31)26-16-29-27(24-8-4-3-7-21(24)26)19-10-9-18-12-13-22-20-6-2-1-5-17(20)11-14-23(22)25(18)15-19/h1-8,11-14,16,19H,9-10,15H2,(H,30,31). The number of pyridine rings is 1. The fraction of sp³-hybridized carbons (Fsp3) is 0.143. The van der Waals surface area contributed by atoms with Gasteiger partial charge in [0, 0.05) is 17.5 Å². The molecule has 1 aliphatic carbocycles. The smallest absolute Gasteiger partial charge is 0.337 e. The summed E-state index contributed by atoms with van der Waals surface area (Å²) in [5, 5.41) is 16.5. The molecule has 3 heteroatoms. The van der Waals surface area contributed by atoms with Gasteiger partial charge in [-0.1, -0.05) is 72.8 Å². The predicted molar refractivity (Wildman–Crippen MR) is 125 cm³/mol. The lowest BCUT2D eigenvalue weighted by molar-refractivity contribution is 0.0698. The Morgan fingerprint density at radius 3 is 2.39 bits per heavy atom. The largest absolute Gasteiger partial charge is 0.478 e. The molecule has 0 aliphatic heterocycles. The molecule has 5 aromatic rings. The van der Waals surface area contributed by atoms with Crippen molar-refractivity contribution in [3.8, 4) is 0 Å². The summed E-state index contributed by atoms with van der Waals surface area (Å²) in [6.07, 6.45) is 4.50. The van der Waals surface area contributed by atoms with E-state index in [1.807, 2.05) is 24.3 Å². The molecule has 1 atom stereocenters. The first-order valence-corrected chi connectivity index (χ1v) is 10.7. The summed E-state index contributed by atoms with van der Waals surface area (Å²) in [6, 6.07) is 25.4. The van der Waals surface area contributed by atoms with Gasteiger partial charge in [-0.05, 0) is 57.3 Å². The number of fused-ring (bicyclic) bond motifs is 6. The van der Waals surface area contributed by atoms with Crippen molar-refractivity contribution in [2.45, 2.75) is 25.2 Å². The summed E-state index contributed by atoms with van der Waals surface area (Å²) in [6.45, 7) is 0. The van der Waals surface area contributed by atoms with Gasteiger partial charge < -0.3 is 5.11 Å². The van der Waals surface area contributed by atoms with Crippen molar-refractivity contribution in [2.75, 3.05) is 0 Å². The number of aromatic carboxylic acids is 1. The Kier molecular flexibility index (Phi) is 4.03. The van der Waals surface area contributed by atoms with Crippen molar-refractivity contribution in [2.24, 2.45) is 0 Å². The van der Waals surface area contributed by atoms with Crippen molar-refractivity contribution in [1.29, 1.82) is 0 Å². The molecule has 1 heterocycles. The van der Waals surface area contributed by atoms with E-state index in [9.17, 15) is 9.90 Å². The van der Waals surface area contributed by atoms with Crippen LogP contribution in [0.4, 0.5) is 0 Å². The summed E-state index contributed by atoms with van der Waals surface area (Å²) >= 11 is 0. The van der Waals surface area contributed by atoms with Crippen LogP contribution in [0.2, 0.25) is 0 Å². The minimum absolute atomic E-state index is 0.271. The lowest BCUT2D eigenvalue weighted by Gasteiger charge is -2.27. The first kappa shape index (κ1) is 18.1. The summed E-state index contributed by atoms with van der Waals surface area (Å²) in [7, 11) is 0. The van der Waals surface area contributed by atoms with Gasteiger partial charge in [0.2, 0.25) is 0 Å². The Morgan fingerprint density at radius 1 is 0.806 bits per heavy atom. The molecule has 1 aliphatic rings. The average molecular weight is 403 g/mol. The quantitative estimate of drug-likeness (QED) is 0.342. The summed E-state index contributed by atoms with van der Waals surface area (Å²) in [5.41, 5.74) is 4.12. The molecule has 1 aromatic heterocycles. The van der Waals surface area contributed by atoms with Crippen molar-refractivity contribution in [1.82, 2.24) is 4.98 Å². The zero-order chi connectivity index (χ0) is 20.9. The molecule has 1 unspecified atom stereocenters. The number of hydrogen-bond acceptors (Lipinski definition) is 2. The molecular weight excluding hydrogens is 382 g/mol. The van der Waals surface area contributed by atoms with Gasteiger partial charge >= 0.3 is 5.97 Å². The molecule has 0 amide bonds. The van der Waals surface area contributed by atoms with Crippen LogP contribution < -0.4 is 0 Å². The Hall–Kier alpha value is -3.72. The van der Waals surface area contributed by atoms with Gasteiger partial charge in [-0.25, -0.2) is 4.79 Å². The summed E-state index contributed by atoms with van der Waals surface area (Å²) in [5.74, 6) is -0.653. The topological polar surface area (TPSA) is 50.2 Å². The Bertz CT molecular complexity index is 1500. The second-order valence-electron chi connectivity index (χ2n) is 8.43. The number of aryl methyl sites for hydroxylation is 1. The van der Waals surface area contributed by atoms with Gasteiger partial charge in [0.05, 0.1) is 11.3 Å². The first-order chi connectivity index (χ1) is 15.2. The maximum absolute atomic E-state index is 11.7. The Labute approximate surface area is 180 Å². The SMILES string of the molecule is O=C(O)c1cnc(C2CCc3ccc4c(ccc5ccccc54)c3C2)c2ccccc12. The van der Waals surface area contributed by atoms with Crippen LogP contribution in [0.5, 0.6) is 0 Å². The highest BCUT2D eigenvalue weighted by molar-refractivity contribution is 6.09. The highest BCUT2D eigenvalue weighted by Gasteiger charge is 2.25. The van der Waals surface area contributed by atoms with E-state index in [-0.39, 0.29) is 11.5 Å². The molecule has 0 bridgehead atoms. The van der Waals surface area contributed by atoms with Crippen molar-refractivity contribution >= 4 is 38.3 Å². The maximum atomic E-state index is 11.7. The van der Waals surface area contributed by atoms with Crippen LogP contribution in [0, 0.1) is 0 Å². The lowest BCUT2D eigenvalue weighted by Crippen LogP contribution is -2.15. The molecule has 150 valence electrons. The van der Waals surface area contributed by atoms with Crippen LogP contribution in [-0.4, -0.2) is 16.1 Å². The molecule has 0 fully saturated rings. The third kappa shape index (κ3) is 2.81. The number of rotatable bonds is 2. The van der Waals surface area contributed by atoms with Gasteiger partial charge in [-0.3, -0.25) is 4.98 Å². The zero-order valence-corrected chi connectivity index (χ0v) is 17.0. The minimum atomic E-state index is -0.929. The second kappa shape index (κ2) is 6.92. The van der Waals surface area contributed by atoms with E-state index in [1.165, 1.54) is 38.9 Å². The molecule has 0 spiro atoms. The third-order valence-corrected chi connectivity index (χ3v) is 6.79. The number of hydrogen-bond donors (Lipinski definition) is 1. The van der Waals surface area contributed by atoms with Gasteiger partial charge in [-0.2, -0.15) is 0 Å². The first-order valence-electron chi connectivity index (χ1n) is 10.7. The zero-order valence-electron chi connectivity index (χ0n) is 17.0. The number of benzene rings is 4. The predicted octanol–water partition coefficient (Wildman–Crippen LogP) is 6.51. The Balaban J connectivity index is 1.51. The lowest BCUT2D eigenvalue weighted by atomic mass is 9.78. The summed E-state index contributed by atoms with van der Waals surface area (Å²) < 4.78 is 0. The third-order valence-electron chi connectivity index (χ3n) is 6.79. The Morgan fingerprint density at radius 2 is 1.55 bits per heavy atom. The number of carbonyl (C=O) groups is 1. The van der Waals surface area contributed by atoms with Gasteiger partial charge in [0.1, 0.15) is 0 Å². The normalized spacial score (nSPS) is 15.9. The molecule has 31 heavy (non-hydrogen) atoms. The van der Waals surface area contributed by atoms with E-state index in [1.54, 1.807) is 0 Å². The molecule has 4 aromatic carbocycles. The van der Waals surface area contributed by atoms with E-state index < -0.39 is 5.97 Å². The van der Waals surface area contributed by atoms with Crippen LogP contribution in [-0.2, 0) is 12.8 Å². The van der Waals surface area contributed by atoms with E-state index in [0.29, 0.717) is 0 Å². The molecule has 0 saturated carbocycles. The average Bonchev–Trinajstić information content (AvgIpc) is 2.82. The molecular formula is C28H21NO2. The molecule has 0 saturated heterocycles. The van der Waals surface area contributed by atoms with Crippen molar-refractivity contribution in [3.05, 3.63) is 101 Å². The molecule has 6 rings (SSSR count). The molecule has 3 nitrogen and oxygen atoms in total. The minimum Gasteiger partial charge on any atom is -0.478 e. The van der Waals surface area contributed by atoms with Crippen LogP contribution in [0.3, 0.4) is 0 Å². The van der Waals surface area contributed by atoms with Crippen molar-refractivity contribution in [3.63, 3.8) is 0 Å². The van der Waals surface area contributed by atoms with Crippen LogP contribution in [0.15, 0.2) is 79.0 Å². The number of aromatic nitrogens is 1. The van der Waals surface area contributed by atoms with E-state index in [0.717, 1.165) is 35.7 Å². The van der Waals surface area contributed by atoms with Gasteiger partial charge in [0.15, 0.2) is 0 Å². The molecule has 1 N–H and O–H groups in total. The van der Waals surface area contributed by atoms with E-state index in [4.69, 9.17) is 0 Å². The van der Waals surface area contributed by atoms with Gasteiger partial charge in [0.25, 0.3) is 0 Å². The van der Waals surface area contributed by atoms with E-state index in [2.05, 4.69) is 53.5 Å². The highest BCUT2D eigenvalue weighted by Crippen LogP contribution is 2.39. The van der Waals surface area contributed by atoms with Gasteiger partial charge in [-0.15, -0.1) is 0 Å². The number of carboxylic acids is 1. The van der Waals surface area contributed by atoms with Crippen LogP contribution in [0.25, 0.3) is 32.3 Å². The number of nitrogens with zero attached hydrogens (tertiary/aromatic N) is 1. The van der Waals surface area contributed by atoms with Crippen LogP contribution in [0.1, 0.15) is 39.5 Å². The molecule has 0 radical (unpaired) electrons. The fourth-order valence-corrected chi connectivity index (χ4v) is 5.29. The fourth-order valence-electron chi connectivity index (χ4n) is 5.29. The van der Waals surface area contributed by atoms with Crippen LogP contribution >= 0.6 is 0 Å². The van der Waals surface area contributed by atoms with E-state index >= 15 is 0 Å². The second-order valence-corrected chi connectivity index (χ2v) is 8.43.